The van der Waals surface area contributed by atoms with Gasteiger partial charge in [0.15, 0.2) is 0 Å². The van der Waals surface area contributed by atoms with Gasteiger partial charge in [0.1, 0.15) is 11.6 Å². The van der Waals surface area contributed by atoms with Crippen molar-refractivity contribution in [1.29, 1.82) is 0 Å². The molecule has 0 fully saturated rings. The Morgan fingerprint density at radius 1 is 0.618 bits per heavy atom. The zero-order chi connectivity index (χ0) is 37.6. The number of phenolic OH excluding ortho intramolecular Hbond substituents is 1. The van der Waals surface area contributed by atoms with Gasteiger partial charge < -0.3 is 10.0 Å². The summed E-state index contributed by atoms with van der Waals surface area (Å²) in [5.74, 6) is 0.323. The second-order valence-electron chi connectivity index (χ2n) is 16.5. The Bertz CT molecular complexity index is 2560. The van der Waals surface area contributed by atoms with E-state index in [9.17, 15) is 9.50 Å². The summed E-state index contributed by atoms with van der Waals surface area (Å²) < 4.78 is 14.4. The molecule has 0 bridgehead atoms. The molecule has 2 aromatic heterocycles. The summed E-state index contributed by atoms with van der Waals surface area (Å²) in [6.07, 6.45) is 0. The summed E-state index contributed by atoms with van der Waals surface area (Å²) in [5.41, 5.74) is 12.6. The van der Waals surface area contributed by atoms with Crippen LogP contribution < -0.4 is 4.90 Å². The fourth-order valence-corrected chi connectivity index (χ4v) is 8.42. The minimum atomic E-state index is -0.645. The Morgan fingerprint density at radius 2 is 1.22 bits per heavy atom. The average Bonchev–Trinajstić information content (AvgIpc) is 3.62. The molecule has 0 aliphatic heterocycles. The molecular formula is C49H41FN3OPt-. The van der Waals surface area contributed by atoms with Gasteiger partial charge in [-0.2, -0.15) is 4.39 Å². The normalized spacial score (nSPS) is 13.4. The van der Waals surface area contributed by atoms with Crippen LogP contribution in [0.25, 0.3) is 33.6 Å². The zero-order valence-corrected chi connectivity index (χ0v) is 34.0. The molecule has 0 unspecified atom stereocenters. The number of fused-ring (bicyclic) bond motifs is 10. The van der Waals surface area contributed by atoms with Crippen molar-refractivity contribution in [3.05, 3.63) is 179 Å². The second kappa shape index (κ2) is 13.1. The number of nitrogens with zero attached hydrogens (tertiary/aromatic N) is 3. The third-order valence-electron chi connectivity index (χ3n) is 11.1. The molecule has 0 saturated carbocycles. The van der Waals surface area contributed by atoms with E-state index in [-0.39, 0.29) is 37.6 Å². The fraction of sp³-hybridized carbons (Fsp3) is 0.184. The Balaban J connectivity index is 0.00000427. The molecule has 5 aromatic carbocycles. The predicted octanol–water partition coefficient (Wildman–Crippen LogP) is 12.2. The van der Waals surface area contributed by atoms with Crippen LogP contribution in [-0.2, 0) is 37.3 Å². The van der Waals surface area contributed by atoms with Crippen LogP contribution in [0.4, 0.5) is 21.6 Å². The van der Waals surface area contributed by atoms with Gasteiger partial charge in [-0.15, -0.1) is 29.8 Å². The van der Waals surface area contributed by atoms with E-state index in [2.05, 4.69) is 142 Å². The number of phenols is 1. The van der Waals surface area contributed by atoms with Gasteiger partial charge in [-0.25, -0.2) is 4.98 Å². The van der Waals surface area contributed by atoms with E-state index in [0.717, 1.165) is 33.8 Å². The van der Waals surface area contributed by atoms with Crippen LogP contribution in [-0.4, -0.2) is 15.1 Å². The van der Waals surface area contributed by atoms with Crippen molar-refractivity contribution in [3.8, 4) is 39.4 Å². The third-order valence-corrected chi connectivity index (χ3v) is 11.1. The number of rotatable bonds is 4. The van der Waals surface area contributed by atoms with Crippen LogP contribution in [0.2, 0.25) is 0 Å². The number of hydrogen-bond acceptors (Lipinski definition) is 4. The van der Waals surface area contributed by atoms with Gasteiger partial charge in [0.05, 0.1) is 11.1 Å². The number of aromatic hydroxyl groups is 1. The minimum absolute atomic E-state index is 0. The summed E-state index contributed by atoms with van der Waals surface area (Å²) in [5, 5.41) is 11.7. The Kier molecular flexibility index (Phi) is 8.74. The van der Waals surface area contributed by atoms with Crippen LogP contribution >= 0.6 is 0 Å². The van der Waals surface area contributed by atoms with Crippen LogP contribution in [0, 0.1) is 12.0 Å². The van der Waals surface area contributed by atoms with Crippen molar-refractivity contribution in [2.24, 2.45) is 0 Å². The first-order valence-corrected chi connectivity index (χ1v) is 18.5. The van der Waals surface area contributed by atoms with Gasteiger partial charge in [-0.1, -0.05) is 126 Å². The molecule has 1 spiro atoms. The average molecular weight is 902 g/mol. The van der Waals surface area contributed by atoms with Gasteiger partial charge in [0.2, 0.25) is 5.95 Å². The SMILES string of the molecule is CC(C)(C)c1cc(N(c2[c-]c(-c3cccc(F)n3)ccc2)c2ccc3c(n2)-c2c(O)cccc2C32c3ccccc3-c3ccccc32)cc(C(C)(C)C)c1.[Pt]. The van der Waals surface area contributed by atoms with Crippen molar-refractivity contribution in [2.45, 2.75) is 57.8 Å². The van der Waals surface area contributed by atoms with E-state index in [1.165, 1.54) is 39.4 Å². The number of hydrogen-bond donors (Lipinski definition) is 1. The molecule has 6 heteroatoms. The maximum atomic E-state index is 14.4. The molecule has 4 nitrogen and oxygen atoms in total. The molecular weight excluding hydrogens is 861 g/mol. The number of anilines is 3. The standard InChI is InChI=1S/C49H41FN3O.Pt/c1-47(2,3)31-27-32(48(4,5)6)29-34(28-31)53(33-15-11-14-30(26-33)41-21-13-23-43(50)51-41)44-25-24-40-46(52-44)45-39(20-12-22-42(45)54)49(40)37-18-9-7-16-35(37)36-17-8-10-19-38(36)49;/h7-25,27-29,54H,1-6H3;/q-1;. The van der Waals surface area contributed by atoms with Crippen molar-refractivity contribution >= 4 is 17.2 Å². The van der Waals surface area contributed by atoms with Crippen molar-refractivity contribution in [3.63, 3.8) is 0 Å². The molecule has 7 aromatic rings. The predicted molar refractivity (Wildman–Crippen MR) is 216 cm³/mol. The van der Waals surface area contributed by atoms with Crippen molar-refractivity contribution in [1.82, 2.24) is 9.97 Å². The second-order valence-corrected chi connectivity index (χ2v) is 16.5. The summed E-state index contributed by atoms with van der Waals surface area (Å²) in [7, 11) is 0. The van der Waals surface area contributed by atoms with E-state index in [1.54, 1.807) is 18.2 Å². The molecule has 276 valence electrons. The zero-order valence-electron chi connectivity index (χ0n) is 31.7. The maximum Gasteiger partial charge on any atom is 0.204 e. The minimum Gasteiger partial charge on any atom is -0.507 e. The first-order chi connectivity index (χ1) is 25.9. The number of pyridine rings is 2. The molecule has 0 saturated heterocycles. The summed E-state index contributed by atoms with van der Waals surface area (Å²) in [6, 6.07) is 48.3. The van der Waals surface area contributed by atoms with Crippen LogP contribution in [0.15, 0.2) is 133 Å². The van der Waals surface area contributed by atoms with E-state index < -0.39 is 11.4 Å². The molecule has 1 N–H and O–H groups in total. The number of benzene rings is 5. The van der Waals surface area contributed by atoms with Gasteiger partial charge in [0.25, 0.3) is 0 Å². The maximum absolute atomic E-state index is 14.4. The summed E-state index contributed by atoms with van der Waals surface area (Å²) >= 11 is 0. The Hall–Kier alpha value is -5.38. The van der Waals surface area contributed by atoms with Crippen molar-refractivity contribution < 1.29 is 30.6 Å². The van der Waals surface area contributed by atoms with E-state index >= 15 is 0 Å². The largest absolute Gasteiger partial charge is 0.507 e. The summed E-state index contributed by atoms with van der Waals surface area (Å²) in [4.78, 5) is 11.9. The molecule has 2 aliphatic carbocycles. The molecule has 9 rings (SSSR count). The van der Waals surface area contributed by atoms with Crippen LogP contribution in [0.5, 0.6) is 5.75 Å². The van der Waals surface area contributed by atoms with E-state index in [1.807, 2.05) is 24.3 Å². The van der Waals surface area contributed by atoms with Crippen LogP contribution in [0.1, 0.15) is 74.9 Å². The quantitative estimate of drug-likeness (QED) is 0.141. The Morgan fingerprint density at radius 3 is 1.85 bits per heavy atom. The Labute approximate surface area is 337 Å². The number of aromatic nitrogens is 2. The van der Waals surface area contributed by atoms with Crippen molar-refractivity contribution in [2.75, 3.05) is 4.90 Å². The summed E-state index contributed by atoms with van der Waals surface area (Å²) in [6.45, 7) is 13.4. The first kappa shape index (κ1) is 36.6. The molecule has 2 aliphatic rings. The van der Waals surface area contributed by atoms with Crippen LogP contribution in [0.3, 0.4) is 0 Å². The smallest absolute Gasteiger partial charge is 0.204 e. The molecule has 0 atom stereocenters. The van der Waals surface area contributed by atoms with Gasteiger partial charge in [0, 0.05) is 32.3 Å². The first-order valence-electron chi connectivity index (χ1n) is 18.5. The van der Waals surface area contributed by atoms with Gasteiger partial charge in [-0.05, 0) is 97.1 Å². The monoisotopic (exact) mass is 901 g/mol. The topological polar surface area (TPSA) is 49.2 Å². The van der Waals surface area contributed by atoms with Gasteiger partial charge in [-0.3, -0.25) is 4.98 Å². The molecule has 2 heterocycles. The molecule has 0 amide bonds. The fourth-order valence-electron chi connectivity index (χ4n) is 8.42. The van der Waals surface area contributed by atoms with E-state index in [4.69, 9.17) is 4.98 Å². The number of halogens is 1. The molecule has 55 heavy (non-hydrogen) atoms. The van der Waals surface area contributed by atoms with Gasteiger partial charge >= 0.3 is 0 Å². The third kappa shape index (κ3) is 5.74. The molecule has 0 radical (unpaired) electrons. The van der Waals surface area contributed by atoms with E-state index in [0.29, 0.717) is 17.1 Å².